The van der Waals surface area contributed by atoms with Gasteiger partial charge in [-0.25, -0.2) is 14.0 Å². The molecule has 0 spiro atoms. The van der Waals surface area contributed by atoms with Crippen molar-refractivity contribution >= 4 is 21.3 Å². The summed E-state index contributed by atoms with van der Waals surface area (Å²) in [4.78, 5) is 17.4. The summed E-state index contributed by atoms with van der Waals surface area (Å²) in [6.07, 6.45) is -3.65. The summed E-state index contributed by atoms with van der Waals surface area (Å²) in [5, 5.41) is 9.18. The molecule has 1 atom stereocenters. The summed E-state index contributed by atoms with van der Waals surface area (Å²) in [6, 6.07) is 8.60. The number of alkyl halides is 3. The minimum Gasteiger partial charge on any atom is -0.481 e. The van der Waals surface area contributed by atoms with Crippen molar-refractivity contribution in [2.75, 3.05) is 18.7 Å². The first-order chi connectivity index (χ1) is 15.8. The number of benzene rings is 1. The fourth-order valence-electron chi connectivity index (χ4n) is 2.97. The van der Waals surface area contributed by atoms with Crippen LogP contribution in [0.15, 0.2) is 41.3 Å². The summed E-state index contributed by atoms with van der Waals surface area (Å²) in [7, 11) is -1.66. The molecule has 3 rings (SSSR count). The number of ether oxygens (including phenoxy) is 2. The normalized spacial score (nSPS) is 13.1. The molecule has 1 unspecified atom stereocenters. The number of aryl methyl sites for hydroxylation is 1. The van der Waals surface area contributed by atoms with Gasteiger partial charge in [0.1, 0.15) is 5.56 Å². The zero-order valence-electron chi connectivity index (χ0n) is 18.5. The summed E-state index contributed by atoms with van der Waals surface area (Å²) in [5.74, 6) is -1.00. The number of halogens is 3. The van der Waals surface area contributed by atoms with Crippen LogP contribution in [-0.4, -0.2) is 38.7 Å². The van der Waals surface area contributed by atoms with Gasteiger partial charge in [0.25, 0.3) is 11.8 Å². The molecule has 0 fully saturated rings. The van der Waals surface area contributed by atoms with Crippen molar-refractivity contribution in [1.29, 1.82) is 4.78 Å². The third-order valence-corrected chi connectivity index (χ3v) is 5.80. The Hall–Kier alpha value is -3.74. The van der Waals surface area contributed by atoms with Crippen molar-refractivity contribution in [3.05, 3.63) is 58.9 Å². The molecule has 2 aromatic heterocycles. The number of nitrogens with one attached hydrogen (secondary N) is 2. The van der Waals surface area contributed by atoms with Gasteiger partial charge in [-0.3, -0.25) is 4.79 Å². The average Bonchev–Trinajstić information content (AvgIpc) is 2.73. The maximum atomic E-state index is 13.5. The van der Waals surface area contributed by atoms with Crippen LogP contribution >= 0.6 is 0 Å². The molecule has 13 heteroatoms. The molecule has 0 saturated carbocycles. The van der Waals surface area contributed by atoms with E-state index in [0.717, 1.165) is 6.92 Å². The van der Waals surface area contributed by atoms with E-state index in [9.17, 15) is 22.2 Å². The van der Waals surface area contributed by atoms with Crippen molar-refractivity contribution in [3.8, 4) is 17.5 Å². The molecule has 0 aliphatic heterocycles. The van der Waals surface area contributed by atoms with E-state index >= 15 is 0 Å². The lowest BCUT2D eigenvalue weighted by Crippen LogP contribution is -2.21. The highest BCUT2D eigenvalue weighted by atomic mass is 32.2. The Kier molecular flexibility index (Phi) is 6.77. The van der Waals surface area contributed by atoms with Crippen LogP contribution in [0.2, 0.25) is 0 Å². The minimum atomic E-state index is -4.86. The largest absolute Gasteiger partial charge is 0.481 e. The van der Waals surface area contributed by atoms with Crippen molar-refractivity contribution in [1.82, 2.24) is 15.2 Å². The Bertz CT molecular complexity index is 1360. The summed E-state index contributed by atoms with van der Waals surface area (Å²) in [5.41, 5.74) is -1.87. The lowest BCUT2D eigenvalue weighted by molar-refractivity contribution is -0.142. The van der Waals surface area contributed by atoms with Gasteiger partial charge < -0.3 is 14.8 Å². The summed E-state index contributed by atoms with van der Waals surface area (Å²) < 4.78 is 70.7. The lowest BCUT2D eigenvalue weighted by atomic mass is 10.1. The van der Waals surface area contributed by atoms with E-state index in [2.05, 4.69) is 20.5 Å². The number of hydrogen-bond acceptors (Lipinski definition) is 8. The molecule has 34 heavy (non-hydrogen) atoms. The average molecular weight is 495 g/mol. The fraction of sp³-hybridized carbons (Fsp3) is 0.238. The number of aromatic nitrogens is 3. The number of rotatable bonds is 6. The topological polar surface area (TPSA) is 127 Å². The highest BCUT2D eigenvalue weighted by Crippen LogP contribution is 2.35. The van der Waals surface area contributed by atoms with Gasteiger partial charge in [-0.1, -0.05) is 6.07 Å². The SMILES string of the molecule is COc1ccc(Oc2nnc(C(F)(F)F)c(C)c2C(=O)Nc2cccc(S(C)(=N)=O)c2)c(C)n1. The van der Waals surface area contributed by atoms with Crippen LogP contribution in [0.3, 0.4) is 0 Å². The van der Waals surface area contributed by atoms with Crippen LogP contribution in [0.4, 0.5) is 18.9 Å². The zero-order chi connectivity index (χ0) is 25.3. The molecule has 3 aromatic rings. The maximum Gasteiger partial charge on any atom is 0.435 e. The van der Waals surface area contributed by atoms with E-state index in [1.807, 2.05) is 0 Å². The Morgan fingerprint density at radius 3 is 2.44 bits per heavy atom. The van der Waals surface area contributed by atoms with E-state index in [0.29, 0.717) is 11.6 Å². The van der Waals surface area contributed by atoms with Gasteiger partial charge in [0.15, 0.2) is 11.4 Å². The first-order valence-electron chi connectivity index (χ1n) is 9.60. The second-order valence-corrected chi connectivity index (χ2v) is 9.38. The number of pyridine rings is 1. The van der Waals surface area contributed by atoms with E-state index in [4.69, 9.17) is 14.3 Å². The van der Waals surface area contributed by atoms with Crippen LogP contribution < -0.4 is 14.8 Å². The van der Waals surface area contributed by atoms with E-state index in [1.165, 1.54) is 49.8 Å². The number of hydrogen-bond donors (Lipinski definition) is 2. The van der Waals surface area contributed by atoms with Gasteiger partial charge in [0.05, 0.1) is 22.5 Å². The second kappa shape index (κ2) is 9.25. The van der Waals surface area contributed by atoms with Crippen molar-refractivity contribution in [2.24, 2.45) is 0 Å². The molecular weight excluding hydrogens is 475 g/mol. The second-order valence-electron chi connectivity index (χ2n) is 7.22. The predicted molar refractivity (Wildman–Crippen MR) is 117 cm³/mol. The van der Waals surface area contributed by atoms with Gasteiger partial charge in [-0.15, -0.1) is 10.2 Å². The van der Waals surface area contributed by atoms with Gasteiger partial charge in [0.2, 0.25) is 5.88 Å². The number of carbonyl (C=O) groups is 1. The number of nitrogens with zero attached hydrogens (tertiary/aromatic N) is 3. The van der Waals surface area contributed by atoms with Gasteiger partial charge in [-0.2, -0.15) is 13.2 Å². The molecule has 2 N–H and O–H groups in total. The lowest BCUT2D eigenvalue weighted by Gasteiger charge is -2.16. The van der Waals surface area contributed by atoms with Gasteiger partial charge in [0, 0.05) is 22.9 Å². The van der Waals surface area contributed by atoms with Crippen LogP contribution in [-0.2, 0) is 15.9 Å². The molecule has 2 heterocycles. The van der Waals surface area contributed by atoms with Crippen molar-refractivity contribution in [3.63, 3.8) is 0 Å². The molecule has 180 valence electrons. The number of carbonyl (C=O) groups excluding carboxylic acids is 1. The quantitative estimate of drug-likeness (QED) is 0.512. The summed E-state index contributed by atoms with van der Waals surface area (Å²) in [6.45, 7) is 2.66. The molecule has 0 aliphatic rings. The smallest absolute Gasteiger partial charge is 0.435 e. The van der Waals surface area contributed by atoms with Crippen LogP contribution in [0.1, 0.15) is 27.3 Å². The fourth-order valence-corrected chi connectivity index (χ4v) is 3.66. The Balaban J connectivity index is 2.07. The predicted octanol–water partition coefficient (Wildman–Crippen LogP) is 4.60. The van der Waals surface area contributed by atoms with Crippen molar-refractivity contribution < 1.29 is 31.6 Å². The first-order valence-corrected chi connectivity index (χ1v) is 11.6. The zero-order valence-corrected chi connectivity index (χ0v) is 19.3. The monoisotopic (exact) mass is 495 g/mol. The third-order valence-electron chi connectivity index (χ3n) is 4.65. The maximum absolute atomic E-state index is 13.5. The van der Waals surface area contributed by atoms with Crippen LogP contribution in [0, 0.1) is 18.6 Å². The van der Waals surface area contributed by atoms with E-state index in [-0.39, 0.29) is 16.3 Å². The van der Waals surface area contributed by atoms with Gasteiger partial charge >= 0.3 is 6.18 Å². The molecule has 1 amide bonds. The Morgan fingerprint density at radius 1 is 1.15 bits per heavy atom. The standard InChI is InChI=1S/C21H20F3N5O4S/c1-11-17(19(30)27-13-6-5-7-14(10-13)34(4,25)31)20(29-28-18(11)21(22,23)24)33-15-8-9-16(32-3)26-12(15)2/h5-10,25H,1-4H3,(H,27,30). The Labute approximate surface area is 193 Å². The van der Waals surface area contributed by atoms with E-state index < -0.39 is 44.5 Å². The van der Waals surface area contributed by atoms with E-state index in [1.54, 1.807) is 6.92 Å². The molecule has 9 nitrogen and oxygen atoms in total. The number of methoxy groups -OCH3 is 1. The molecule has 1 aromatic carbocycles. The molecule has 0 saturated heterocycles. The van der Waals surface area contributed by atoms with Crippen molar-refractivity contribution in [2.45, 2.75) is 24.9 Å². The van der Waals surface area contributed by atoms with Gasteiger partial charge in [-0.05, 0) is 43.7 Å². The Morgan fingerprint density at radius 2 is 1.85 bits per heavy atom. The van der Waals surface area contributed by atoms with Crippen LogP contribution in [0.5, 0.6) is 17.5 Å². The van der Waals surface area contributed by atoms with Crippen LogP contribution in [0.25, 0.3) is 0 Å². The highest BCUT2D eigenvalue weighted by molar-refractivity contribution is 7.91. The number of anilines is 1. The third kappa shape index (κ3) is 5.42. The first kappa shape index (κ1) is 24.9. The molecule has 0 bridgehead atoms. The highest BCUT2D eigenvalue weighted by Gasteiger charge is 2.38. The molecule has 0 radical (unpaired) electrons. The summed E-state index contributed by atoms with van der Waals surface area (Å²) >= 11 is 0. The number of amides is 1. The minimum absolute atomic E-state index is 0.127. The molecular formula is C21H20F3N5O4S. The molecule has 0 aliphatic carbocycles.